The largest absolute Gasteiger partial charge is 0.436 e. The van der Waals surface area contributed by atoms with Crippen molar-refractivity contribution < 1.29 is 14.0 Å². The molecule has 1 aliphatic carbocycles. The number of hydrogen-bond donors (Lipinski definition) is 0. The SMILES string of the molecule is CN(C)CCC1(C2=CC(=O)c3oc(Cc4ccccc4)nc3C2=O)C=CC=N1. The van der Waals surface area contributed by atoms with E-state index in [1.165, 1.54) is 6.08 Å². The Morgan fingerprint density at radius 3 is 2.61 bits per heavy atom. The molecule has 0 amide bonds. The monoisotopic (exact) mass is 375 g/mol. The molecule has 0 radical (unpaired) electrons. The van der Waals surface area contributed by atoms with Crippen molar-refractivity contribution >= 4 is 17.8 Å². The predicted molar refractivity (Wildman–Crippen MR) is 106 cm³/mol. The molecule has 6 heteroatoms. The van der Waals surface area contributed by atoms with Gasteiger partial charge in [0.2, 0.25) is 17.3 Å². The van der Waals surface area contributed by atoms with Crippen molar-refractivity contribution in [3.05, 3.63) is 77.0 Å². The molecule has 1 unspecified atom stereocenters. The Kier molecular flexibility index (Phi) is 4.65. The second kappa shape index (κ2) is 7.13. The summed E-state index contributed by atoms with van der Waals surface area (Å²) in [5.41, 5.74) is 0.622. The van der Waals surface area contributed by atoms with Gasteiger partial charge < -0.3 is 9.32 Å². The van der Waals surface area contributed by atoms with E-state index in [0.29, 0.717) is 24.3 Å². The number of Topliss-reactive ketones (excluding diaryl/α,β-unsaturated/α-hetero) is 1. The maximum absolute atomic E-state index is 13.2. The standard InChI is InChI=1S/C22H21N3O3/c1-25(2)12-10-22(9-6-11-23-22)16-14-17(26)21-19(20(16)27)24-18(28-21)13-15-7-4-3-5-8-15/h3-9,11,14H,10,12-13H2,1-2H3. The van der Waals surface area contributed by atoms with Crippen LogP contribution in [0.25, 0.3) is 0 Å². The average Bonchev–Trinajstić information content (AvgIpc) is 3.32. The number of ketones is 2. The van der Waals surface area contributed by atoms with Crippen LogP contribution in [0, 0.1) is 0 Å². The van der Waals surface area contributed by atoms with Gasteiger partial charge in [-0.2, -0.15) is 0 Å². The summed E-state index contributed by atoms with van der Waals surface area (Å²) in [5, 5.41) is 0. The number of carbonyl (C=O) groups excluding carboxylic acids is 2. The molecule has 1 aromatic heterocycles. The summed E-state index contributed by atoms with van der Waals surface area (Å²) in [5.74, 6) is -0.245. The lowest BCUT2D eigenvalue weighted by Crippen LogP contribution is -2.36. The third kappa shape index (κ3) is 3.27. The van der Waals surface area contributed by atoms with E-state index in [1.54, 1.807) is 6.21 Å². The number of rotatable bonds is 6. The van der Waals surface area contributed by atoms with Crippen LogP contribution in [0.3, 0.4) is 0 Å². The molecule has 0 saturated carbocycles. The van der Waals surface area contributed by atoms with Crippen LogP contribution in [0.2, 0.25) is 0 Å². The van der Waals surface area contributed by atoms with Crippen LogP contribution in [0.5, 0.6) is 0 Å². The van der Waals surface area contributed by atoms with Crippen molar-refractivity contribution in [1.82, 2.24) is 9.88 Å². The minimum Gasteiger partial charge on any atom is -0.436 e. The molecule has 0 saturated heterocycles. The van der Waals surface area contributed by atoms with Gasteiger partial charge in [-0.15, -0.1) is 0 Å². The molecule has 1 atom stereocenters. The zero-order chi connectivity index (χ0) is 19.7. The van der Waals surface area contributed by atoms with Crippen molar-refractivity contribution in [3.63, 3.8) is 0 Å². The summed E-state index contributed by atoms with van der Waals surface area (Å²) in [6.45, 7) is 0.728. The average molecular weight is 375 g/mol. The van der Waals surface area contributed by atoms with E-state index in [4.69, 9.17) is 4.42 Å². The minimum absolute atomic E-state index is 0.0217. The lowest BCUT2D eigenvalue weighted by Gasteiger charge is -2.29. The molecule has 2 aliphatic rings. The molecule has 1 aliphatic heterocycles. The molecule has 142 valence electrons. The zero-order valence-corrected chi connectivity index (χ0v) is 15.9. The normalized spacial score (nSPS) is 20.8. The number of fused-ring (bicyclic) bond motifs is 1. The van der Waals surface area contributed by atoms with E-state index in [0.717, 1.165) is 12.1 Å². The summed E-state index contributed by atoms with van der Waals surface area (Å²) in [6, 6.07) is 9.67. The molecule has 4 rings (SSSR count). The van der Waals surface area contributed by atoms with Gasteiger partial charge in [0, 0.05) is 24.8 Å². The number of aromatic nitrogens is 1. The highest BCUT2D eigenvalue weighted by Crippen LogP contribution is 2.36. The highest BCUT2D eigenvalue weighted by atomic mass is 16.4. The maximum Gasteiger partial charge on any atom is 0.224 e. The molecule has 2 heterocycles. The van der Waals surface area contributed by atoms with Crippen LogP contribution in [0.4, 0.5) is 0 Å². The predicted octanol–water partition coefficient (Wildman–Crippen LogP) is 2.90. The first-order valence-electron chi connectivity index (χ1n) is 9.21. The fraction of sp³-hybridized carbons (Fsp3) is 0.273. The van der Waals surface area contributed by atoms with Crippen molar-refractivity contribution in [2.75, 3.05) is 20.6 Å². The Morgan fingerprint density at radius 2 is 1.93 bits per heavy atom. The number of nitrogens with zero attached hydrogens (tertiary/aromatic N) is 3. The molecule has 0 spiro atoms. The summed E-state index contributed by atoms with van der Waals surface area (Å²) in [4.78, 5) is 36.8. The number of carbonyl (C=O) groups is 2. The topological polar surface area (TPSA) is 75.8 Å². The number of oxazole rings is 1. The fourth-order valence-corrected chi connectivity index (χ4v) is 3.50. The molecule has 6 nitrogen and oxygen atoms in total. The van der Waals surface area contributed by atoms with Crippen LogP contribution in [0.15, 0.2) is 63.5 Å². The van der Waals surface area contributed by atoms with E-state index >= 15 is 0 Å². The van der Waals surface area contributed by atoms with Gasteiger partial charge in [-0.3, -0.25) is 14.6 Å². The van der Waals surface area contributed by atoms with Crippen molar-refractivity contribution in [1.29, 1.82) is 0 Å². The van der Waals surface area contributed by atoms with Gasteiger partial charge in [-0.05, 0) is 38.2 Å². The van der Waals surface area contributed by atoms with Gasteiger partial charge in [-0.25, -0.2) is 4.98 Å². The first-order valence-corrected chi connectivity index (χ1v) is 9.21. The van der Waals surface area contributed by atoms with E-state index in [1.807, 2.05) is 61.5 Å². The van der Waals surface area contributed by atoms with Crippen molar-refractivity contribution in [2.24, 2.45) is 4.99 Å². The second-order valence-electron chi connectivity index (χ2n) is 7.31. The van der Waals surface area contributed by atoms with Gasteiger partial charge in [-0.1, -0.05) is 36.4 Å². The van der Waals surface area contributed by atoms with Gasteiger partial charge in [0.15, 0.2) is 11.6 Å². The van der Waals surface area contributed by atoms with Gasteiger partial charge >= 0.3 is 0 Å². The molecular weight excluding hydrogens is 354 g/mol. The molecule has 0 fully saturated rings. The minimum atomic E-state index is -0.826. The second-order valence-corrected chi connectivity index (χ2v) is 7.31. The lowest BCUT2D eigenvalue weighted by atomic mass is 9.80. The van der Waals surface area contributed by atoms with Crippen LogP contribution in [-0.4, -0.2) is 53.8 Å². The van der Waals surface area contributed by atoms with Crippen LogP contribution < -0.4 is 0 Å². The Morgan fingerprint density at radius 1 is 1.14 bits per heavy atom. The Balaban J connectivity index is 1.66. The van der Waals surface area contributed by atoms with Gasteiger partial charge in [0.25, 0.3) is 0 Å². The number of benzene rings is 1. The number of aliphatic imine (C=N–C) groups is 1. The fourth-order valence-electron chi connectivity index (χ4n) is 3.50. The number of hydrogen-bond acceptors (Lipinski definition) is 6. The highest BCUT2D eigenvalue weighted by molar-refractivity contribution is 6.23. The molecule has 0 bridgehead atoms. The Hall–Kier alpha value is -3.12. The summed E-state index contributed by atoms with van der Waals surface area (Å²) in [6.07, 6.45) is 7.75. The van der Waals surface area contributed by atoms with Crippen molar-refractivity contribution in [2.45, 2.75) is 18.4 Å². The smallest absolute Gasteiger partial charge is 0.224 e. The molecule has 2 aromatic rings. The lowest BCUT2D eigenvalue weighted by molar-refractivity contribution is 0.0955. The third-order valence-electron chi connectivity index (χ3n) is 5.00. The third-order valence-corrected chi connectivity index (χ3v) is 5.00. The first kappa shape index (κ1) is 18.3. The summed E-state index contributed by atoms with van der Waals surface area (Å²) < 4.78 is 5.64. The molecule has 1 aromatic carbocycles. The first-order chi connectivity index (χ1) is 13.5. The van der Waals surface area contributed by atoms with Crippen LogP contribution >= 0.6 is 0 Å². The maximum atomic E-state index is 13.2. The molecule has 0 N–H and O–H groups in total. The van der Waals surface area contributed by atoms with E-state index in [9.17, 15) is 9.59 Å². The number of allylic oxidation sites excluding steroid dienone is 2. The Labute approximate surface area is 163 Å². The summed E-state index contributed by atoms with van der Waals surface area (Å²) in [7, 11) is 3.92. The van der Waals surface area contributed by atoms with Gasteiger partial charge in [0.05, 0.1) is 0 Å². The Bertz CT molecular complexity index is 1000. The van der Waals surface area contributed by atoms with Crippen LogP contribution in [-0.2, 0) is 6.42 Å². The van der Waals surface area contributed by atoms with E-state index in [2.05, 4.69) is 9.98 Å². The quantitative estimate of drug-likeness (QED) is 0.776. The van der Waals surface area contributed by atoms with Crippen LogP contribution in [0.1, 0.15) is 38.9 Å². The zero-order valence-electron chi connectivity index (χ0n) is 15.9. The molecular formula is C22H21N3O3. The van der Waals surface area contributed by atoms with Crippen molar-refractivity contribution in [3.8, 4) is 0 Å². The molecule has 28 heavy (non-hydrogen) atoms. The van der Waals surface area contributed by atoms with E-state index in [-0.39, 0.29) is 23.0 Å². The van der Waals surface area contributed by atoms with Gasteiger partial charge in [0.1, 0.15) is 5.54 Å². The highest BCUT2D eigenvalue weighted by Gasteiger charge is 2.42. The summed E-state index contributed by atoms with van der Waals surface area (Å²) >= 11 is 0. The van der Waals surface area contributed by atoms with E-state index < -0.39 is 5.54 Å².